The van der Waals surface area contributed by atoms with E-state index in [1.165, 1.54) is 0 Å². The van der Waals surface area contributed by atoms with Crippen LogP contribution in [0.4, 0.5) is 0 Å². The summed E-state index contributed by atoms with van der Waals surface area (Å²) in [5.41, 5.74) is -0.482. The molecule has 2 bridgehead atoms. The van der Waals surface area contributed by atoms with E-state index in [2.05, 4.69) is 12.2 Å². The first-order valence-electron chi connectivity index (χ1n) is 6.80. The van der Waals surface area contributed by atoms with Crippen molar-refractivity contribution >= 4 is 11.8 Å². The van der Waals surface area contributed by atoms with Crippen LogP contribution in [0, 0.1) is 23.7 Å². The third-order valence-corrected chi connectivity index (χ3v) is 5.63. The van der Waals surface area contributed by atoms with Crippen molar-refractivity contribution in [1.29, 1.82) is 0 Å². The van der Waals surface area contributed by atoms with Gasteiger partial charge in [-0.2, -0.15) is 0 Å². The molecular weight excluding hydrogens is 232 g/mol. The number of epoxide rings is 1. The average molecular weight is 246 g/mol. The number of Topliss-reactive ketones (excluding diaryl/α,β-unsaturated/α-hetero) is 1. The van der Waals surface area contributed by atoms with Gasteiger partial charge < -0.3 is 9.47 Å². The Hall–Kier alpha value is -1.16. The quantitative estimate of drug-likeness (QED) is 0.361. The van der Waals surface area contributed by atoms with Crippen molar-refractivity contribution in [3.05, 3.63) is 12.2 Å². The molecule has 4 nitrogen and oxygen atoms in total. The number of hydrogen-bond acceptors (Lipinski definition) is 4. The Morgan fingerprint density at radius 3 is 2.83 bits per heavy atom. The maximum atomic E-state index is 12.4. The first kappa shape index (κ1) is 9.73. The molecule has 0 amide bonds. The van der Waals surface area contributed by atoms with Crippen LogP contribution < -0.4 is 0 Å². The van der Waals surface area contributed by atoms with Crippen molar-refractivity contribution in [2.75, 3.05) is 0 Å². The van der Waals surface area contributed by atoms with E-state index < -0.39 is 5.60 Å². The molecule has 0 aromatic rings. The topological polar surface area (TPSA) is 55.9 Å². The molecule has 0 N–H and O–H groups in total. The molecule has 94 valence electrons. The summed E-state index contributed by atoms with van der Waals surface area (Å²) in [4.78, 5) is 23.9. The monoisotopic (exact) mass is 246 g/mol. The Balaban J connectivity index is 1.66. The predicted molar refractivity (Wildman–Crippen MR) is 59.4 cm³/mol. The lowest BCUT2D eigenvalue weighted by Gasteiger charge is -2.42. The molecule has 5 rings (SSSR count). The molecule has 0 aromatic heterocycles. The third kappa shape index (κ3) is 0.880. The number of allylic oxidation sites excluding steroid dienone is 2. The van der Waals surface area contributed by atoms with Crippen LogP contribution in [0.3, 0.4) is 0 Å². The van der Waals surface area contributed by atoms with Gasteiger partial charge in [0.2, 0.25) is 0 Å². The van der Waals surface area contributed by atoms with E-state index in [1.807, 2.05) is 0 Å². The highest BCUT2D eigenvalue weighted by Crippen LogP contribution is 2.63. The summed E-state index contributed by atoms with van der Waals surface area (Å²) in [6.07, 6.45) is 6.23. The maximum Gasteiger partial charge on any atom is 0.306 e. The molecule has 0 unspecified atom stereocenters. The zero-order valence-electron chi connectivity index (χ0n) is 9.87. The Kier molecular flexibility index (Phi) is 1.47. The van der Waals surface area contributed by atoms with E-state index in [4.69, 9.17) is 9.47 Å². The molecule has 4 fully saturated rings. The molecule has 2 saturated heterocycles. The lowest BCUT2D eigenvalue weighted by Crippen LogP contribution is -2.55. The summed E-state index contributed by atoms with van der Waals surface area (Å²) in [5, 5.41) is 0. The van der Waals surface area contributed by atoms with Crippen molar-refractivity contribution in [1.82, 2.24) is 0 Å². The second-order valence-electron chi connectivity index (χ2n) is 6.31. The molecule has 0 aromatic carbocycles. The van der Waals surface area contributed by atoms with E-state index in [1.54, 1.807) is 0 Å². The van der Waals surface area contributed by atoms with E-state index in [0.717, 1.165) is 12.8 Å². The Bertz CT molecular complexity index is 510. The van der Waals surface area contributed by atoms with Crippen molar-refractivity contribution in [3.8, 4) is 0 Å². The van der Waals surface area contributed by atoms with Crippen LogP contribution >= 0.6 is 0 Å². The highest BCUT2D eigenvalue weighted by atomic mass is 16.6. The van der Waals surface area contributed by atoms with E-state index in [-0.39, 0.29) is 35.8 Å². The highest BCUT2D eigenvalue weighted by molar-refractivity contribution is 5.92. The molecule has 4 heteroatoms. The normalized spacial score (nSPS) is 58.9. The van der Waals surface area contributed by atoms with Crippen molar-refractivity contribution in [3.63, 3.8) is 0 Å². The highest BCUT2D eigenvalue weighted by Gasteiger charge is 2.75. The third-order valence-electron chi connectivity index (χ3n) is 5.63. The minimum Gasteiger partial charge on any atom is -0.456 e. The fourth-order valence-corrected chi connectivity index (χ4v) is 5.00. The van der Waals surface area contributed by atoms with Gasteiger partial charge in [0.1, 0.15) is 17.8 Å². The van der Waals surface area contributed by atoms with Crippen LogP contribution in [0.1, 0.15) is 19.3 Å². The fourth-order valence-electron chi connectivity index (χ4n) is 5.00. The summed E-state index contributed by atoms with van der Waals surface area (Å²) < 4.78 is 11.3. The van der Waals surface area contributed by atoms with Crippen LogP contribution in [0.25, 0.3) is 0 Å². The van der Waals surface area contributed by atoms with Crippen LogP contribution in [0.5, 0.6) is 0 Å². The van der Waals surface area contributed by atoms with Crippen LogP contribution in [-0.4, -0.2) is 29.6 Å². The molecule has 7 atom stereocenters. The van der Waals surface area contributed by atoms with Gasteiger partial charge >= 0.3 is 5.97 Å². The number of esters is 1. The number of carbonyl (C=O) groups is 2. The standard InChI is InChI=1S/C14H14O4/c15-8-3-4-14(18-8)10-7-2-1-6(5-7)9(10)11(16)12-13(14)17-12/h1-2,6-7,9-10,12-13H,3-5H2/t6-,7+,9-,10+,12+,13+,14+/m0/s1. The first-order valence-corrected chi connectivity index (χ1v) is 6.80. The van der Waals surface area contributed by atoms with Crippen LogP contribution in [0.15, 0.2) is 12.2 Å². The van der Waals surface area contributed by atoms with Crippen LogP contribution in [-0.2, 0) is 19.1 Å². The van der Waals surface area contributed by atoms with Gasteiger partial charge in [-0.3, -0.25) is 9.59 Å². The SMILES string of the molecule is O=C1CC[C@@]2(O1)[C@H]1[C@@H](C(=O)[C@H]3O[C@H]32)[C@H]2C=C[C@@H]1C2. The van der Waals surface area contributed by atoms with Gasteiger partial charge in [0.05, 0.1) is 0 Å². The molecule has 2 aliphatic heterocycles. The van der Waals surface area contributed by atoms with E-state index in [0.29, 0.717) is 18.3 Å². The smallest absolute Gasteiger partial charge is 0.306 e. The number of fused-ring (bicyclic) bond motifs is 8. The summed E-state index contributed by atoms with van der Waals surface area (Å²) in [6.45, 7) is 0. The zero-order chi connectivity index (χ0) is 12.1. The van der Waals surface area contributed by atoms with Crippen molar-refractivity contribution in [2.24, 2.45) is 23.7 Å². The average Bonchev–Trinajstić information content (AvgIpc) is 2.74. The number of rotatable bonds is 0. The number of carbonyl (C=O) groups excluding carboxylic acids is 2. The van der Waals surface area contributed by atoms with Gasteiger partial charge in [0.15, 0.2) is 5.78 Å². The molecule has 2 saturated carbocycles. The lowest BCUT2D eigenvalue weighted by atomic mass is 9.63. The van der Waals surface area contributed by atoms with Gasteiger partial charge in [-0.05, 0) is 18.3 Å². The Labute approximate surface area is 104 Å². The van der Waals surface area contributed by atoms with Gasteiger partial charge in [0, 0.05) is 24.7 Å². The van der Waals surface area contributed by atoms with Gasteiger partial charge in [-0.1, -0.05) is 12.2 Å². The van der Waals surface area contributed by atoms with Gasteiger partial charge in [0.25, 0.3) is 0 Å². The van der Waals surface area contributed by atoms with Crippen molar-refractivity contribution < 1.29 is 19.1 Å². The van der Waals surface area contributed by atoms with Gasteiger partial charge in [-0.25, -0.2) is 0 Å². The minimum absolute atomic E-state index is 0.0367. The largest absolute Gasteiger partial charge is 0.456 e. The fraction of sp³-hybridized carbons (Fsp3) is 0.714. The van der Waals surface area contributed by atoms with E-state index in [9.17, 15) is 9.59 Å². The lowest BCUT2D eigenvalue weighted by molar-refractivity contribution is -0.162. The number of ether oxygens (including phenoxy) is 2. The Morgan fingerprint density at radius 2 is 2.06 bits per heavy atom. The van der Waals surface area contributed by atoms with Gasteiger partial charge in [-0.15, -0.1) is 0 Å². The molecule has 18 heavy (non-hydrogen) atoms. The molecule has 3 aliphatic carbocycles. The molecular formula is C14H14O4. The molecule has 0 radical (unpaired) electrons. The zero-order valence-corrected chi connectivity index (χ0v) is 9.87. The number of ketones is 1. The maximum absolute atomic E-state index is 12.4. The summed E-state index contributed by atoms with van der Waals surface area (Å²) in [7, 11) is 0. The summed E-state index contributed by atoms with van der Waals surface area (Å²) >= 11 is 0. The summed E-state index contributed by atoms with van der Waals surface area (Å²) in [5.74, 6) is 1.11. The summed E-state index contributed by atoms with van der Waals surface area (Å²) in [6, 6.07) is 0. The first-order chi connectivity index (χ1) is 8.71. The van der Waals surface area contributed by atoms with Crippen LogP contribution in [0.2, 0.25) is 0 Å². The van der Waals surface area contributed by atoms with E-state index >= 15 is 0 Å². The molecule has 1 spiro atoms. The number of hydrogen-bond donors (Lipinski definition) is 0. The Morgan fingerprint density at radius 1 is 1.22 bits per heavy atom. The molecule has 2 heterocycles. The predicted octanol–water partition coefficient (Wildman–Crippen LogP) is 0.851. The second-order valence-corrected chi connectivity index (χ2v) is 6.31. The second kappa shape index (κ2) is 2.72. The minimum atomic E-state index is -0.482. The van der Waals surface area contributed by atoms with Crippen molar-refractivity contribution in [2.45, 2.75) is 37.1 Å². The molecule has 5 aliphatic rings.